The van der Waals surface area contributed by atoms with E-state index in [1.807, 2.05) is 19.1 Å². The molecule has 33 heavy (non-hydrogen) atoms. The molecule has 2 aromatic carbocycles. The largest absolute Gasteiger partial charge is 0.497 e. The Hall–Kier alpha value is -4.21. The Morgan fingerprint density at radius 1 is 0.970 bits per heavy atom. The monoisotopic (exact) mass is 451 g/mol. The van der Waals surface area contributed by atoms with Gasteiger partial charge in [-0.1, -0.05) is 6.07 Å². The second-order valence-corrected chi connectivity index (χ2v) is 7.23. The van der Waals surface area contributed by atoms with Crippen LogP contribution < -0.4 is 29.6 Å². The Bertz CT molecular complexity index is 1220. The first kappa shape index (κ1) is 22.0. The third-order valence-corrected chi connectivity index (χ3v) is 5.42. The van der Waals surface area contributed by atoms with Gasteiger partial charge in [-0.2, -0.15) is 10.1 Å². The molecular weight excluding hydrogens is 426 g/mol. The van der Waals surface area contributed by atoms with Crippen molar-refractivity contribution in [1.29, 1.82) is 0 Å². The molecule has 0 aliphatic carbocycles. The lowest BCUT2D eigenvalue weighted by atomic mass is 9.94. The van der Waals surface area contributed by atoms with Crippen molar-refractivity contribution >= 4 is 17.5 Å². The number of carbonyl (C=O) groups excluding carboxylic acids is 1. The molecule has 10 heteroatoms. The topological polar surface area (TPSA) is 109 Å². The highest BCUT2D eigenvalue weighted by Crippen LogP contribution is 2.39. The number of rotatable bonds is 7. The number of aromatic nitrogens is 3. The molecule has 4 rings (SSSR count). The number of hydrogen-bond acceptors (Lipinski definition) is 8. The molecule has 1 aromatic heterocycles. The number of nitrogens with zero attached hydrogens (tertiary/aromatic N) is 3. The van der Waals surface area contributed by atoms with Gasteiger partial charge in [0.1, 0.15) is 23.9 Å². The minimum Gasteiger partial charge on any atom is -0.497 e. The van der Waals surface area contributed by atoms with E-state index in [1.165, 1.54) is 13.4 Å². The maximum absolute atomic E-state index is 13.6. The molecule has 1 aliphatic rings. The highest BCUT2D eigenvalue weighted by Gasteiger charge is 2.34. The zero-order valence-electron chi connectivity index (χ0n) is 19.0. The summed E-state index contributed by atoms with van der Waals surface area (Å²) in [6, 6.07) is 10.1. The molecule has 0 bridgehead atoms. The van der Waals surface area contributed by atoms with Gasteiger partial charge < -0.3 is 29.6 Å². The van der Waals surface area contributed by atoms with Gasteiger partial charge in [0.15, 0.2) is 11.5 Å². The van der Waals surface area contributed by atoms with Crippen LogP contribution in [0.5, 0.6) is 23.0 Å². The van der Waals surface area contributed by atoms with E-state index in [4.69, 9.17) is 18.9 Å². The summed E-state index contributed by atoms with van der Waals surface area (Å²) < 4.78 is 23.2. The number of benzene rings is 2. The molecule has 2 N–H and O–H groups in total. The van der Waals surface area contributed by atoms with E-state index in [-0.39, 0.29) is 5.91 Å². The second-order valence-electron chi connectivity index (χ2n) is 7.23. The SMILES string of the molecule is COc1ccc(OC)c(NC(=O)C2=C(C)Nc3ncnn3[C@@H]2c2ccc(OC)c(OC)c2)c1. The molecule has 0 spiro atoms. The number of nitrogens with one attached hydrogen (secondary N) is 2. The smallest absolute Gasteiger partial charge is 0.255 e. The minimum atomic E-state index is -0.555. The number of allylic oxidation sites excluding steroid dienone is 1. The number of methoxy groups -OCH3 is 4. The Kier molecular flexibility index (Phi) is 6.07. The van der Waals surface area contributed by atoms with Crippen molar-refractivity contribution in [2.75, 3.05) is 39.1 Å². The van der Waals surface area contributed by atoms with Crippen molar-refractivity contribution in [3.63, 3.8) is 0 Å². The number of amides is 1. The number of hydrogen-bond donors (Lipinski definition) is 2. The lowest BCUT2D eigenvalue weighted by Gasteiger charge is -2.29. The van der Waals surface area contributed by atoms with Crippen molar-refractivity contribution in [3.05, 3.63) is 59.6 Å². The third-order valence-electron chi connectivity index (χ3n) is 5.42. The Balaban J connectivity index is 1.78. The Morgan fingerprint density at radius 2 is 1.70 bits per heavy atom. The second kappa shape index (κ2) is 9.11. The molecule has 0 saturated carbocycles. The van der Waals surface area contributed by atoms with Gasteiger partial charge in [-0.25, -0.2) is 4.68 Å². The normalized spacial score (nSPS) is 14.8. The van der Waals surface area contributed by atoms with E-state index in [1.54, 1.807) is 50.3 Å². The summed E-state index contributed by atoms with van der Waals surface area (Å²) in [7, 11) is 6.24. The quantitative estimate of drug-likeness (QED) is 0.564. The molecule has 1 aliphatic heterocycles. The summed E-state index contributed by atoms with van der Waals surface area (Å²) in [6.45, 7) is 1.82. The van der Waals surface area contributed by atoms with Crippen molar-refractivity contribution in [2.24, 2.45) is 0 Å². The van der Waals surface area contributed by atoms with Gasteiger partial charge in [-0.15, -0.1) is 0 Å². The molecule has 1 atom stereocenters. The summed E-state index contributed by atoms with van der Waals surface area (Å²) in [6.07, 6.45) is 1.44. The summed E-state index contributed by atoms with van der Waals surface area (Å²) in [5.41, 5.74) is 2.38. The molecular formula is C23H25N5O5. The summed E-state index contributed by atoms with van der Waals surface area (Å²) in [5.74, 6) is 2.43. The van der Waals surface area contributed by atoms with Gasteiger partial charge in [0.25, 0.3) is 5.91 Å². The van der Waals surface area contributed by atoms with Crippen LogP contribution in [0.15, 0.2) is 54.0 Å². The minimum absolute atomic E-state index is 0.326. The average Bonchev–Trinajstić information content (AvgIpc) is 3.30. The molecule has 1 amide bonds. The first-order valence-electron chi connectivity index (χ1n) is 10.1. The molecule has 2 heterocycles. The Labute approximate surface area is 191 Å². The van der Waals surface area contributed by atoms with Gasteiger partial charge in [-0.05, 0) is 36.8 Å². The summed E-state index contributed by atoms with van der Waals surface area (Å²) in [5, 5.41) is 10.5. The van der Waals surface area contributed by atoms with Crippen LogP contribution in [0, 0.1) is 0 Å². The molecule has 3 aromatic rings. The maximum atomic E-state index is 13.6. The fourth-order valence-corrected chi connectivity index (χ4v) is 3.82. The average molecular weight is 451 g/mol. The van der Waals surface area contributed by atoms with E-state index in [2.05, 4.69) is 20.7 Å². The lowest BCUT2D eigenvalue weighted by molar-refractivity contribution is -0.113. The highest BCUT2D eigenvalue weighted by molar-refractivity contribution is 6.06. The molecule has 0 unspecified atom stereocenters. The molecule has 10 nitrogen and oxygen atoms in total. The van der Waals surface area contributed by atoms with E-state index in [9.17, 15) is 4.79 Å². The van der Waals surface area contributed by atoms with E-state index in [0.717, 1.165) is 5.56 Å². The predicted molar refractivity (Wildman–Crippen MR) is 122 cm³/mol. The highest BCUT2D eigenvalue weighted by atomic mass is 16.5. The fourth-order valence-electron chi connectivity index (χ4n) is 3.82. The zero-order valence-corrected chi connectivity index (χ0v) is 19.0. The molecule has 0 saturated heterocycles. The predicted octanol–water partition coefficient (Wildman–Crippen LogP) is 3.24. The van der Waals surface area contributed by atoms with Crippen LogP contribution >= 0.6 is 0 Å². The Morgan fingerprint density at radius 3 is 2.39 bits per heavy atom. The maximum Gasteiger partial charge on any atom is 0.255 e. The molecule has 0 fully saturated rings. The van der Waals surface area contributed by atoms with Crippen LogP contribution in [0.4, 0.5) is 11.6 Å². The van der Waals surface area contributed by atoms with Crippen LogP contribution in [0.3, 0.4) is 0 Å². The number of carbonyl (C=O) groups is 1. The van der Waals surface area contributed by atoms with Crippen molar-refractivity contribution in [1.82, 2.24) is 14.8 Å². The van der Waals surface area contributed by atoms with Gasteiger partial charge in [-0.3, -0.25) is 4.79 Å². The standard InChI is InChI=1S/C23H25N5O5/c1-13-20(22(29)27-16-11-15(30-2)7-9-17(16)31-3)21(28-23(26-13)24-12-25-28)14-6-8-18(32-4)19(10-14)33-5/h6-12,21H,1-5H3,(H,27,29)(H,24,25,26)/t21-/m1/s1. The van der Waals surface area contributed by atoms with Crippen LogP contribution in [-0.4, -0.2) is 49.1 Å². The fraction of sp³-hybridized carbons (Fsp3) is 0.261. The molecule has 172 valence electrons. The van der Waals surface area contributed by atoms with Crippen molar-refractivity contribution in [3.8, 4) is 23.0 Å². The van der Waals surface area contributed by atoms with Crippen LogP contribution in [-0.2, 0) is 4.79 Å². The lowest BCUT2D eigenvalue weighted by Crippen LogP contribution is -2.31. The first-order chi connectivity index (χ1) is 16.0. The summed E-state index contributed by atoms with van der Waals surface area (Å²) >= 11 is 0. The van der Waals surface area contributed by atoms with Crippen molar-refractivity contribution < 1.29 is 23.7 Å². The van der Waals surface area contributed by atoms with Gasteiger partial charge in [0.2, 0.25) is 5.95 Å². The van der Waals surface area contributed by atoms with Crippen LogP contribution in [0.25, 0.3) is 0 Å². The van der Waals surface area contributed by atoms with Gasteiger partial charge in [0.05, 0.1) is 39.7 Å². The number of anilines is 2. The zero-order chi connectivity index (χ0) is 23.5. The number of fused-ring (bicyclic) bond motifs is 1. The van der Waals surface area contributed by atoms with Gasteiger partial charge in [0, 0.05) is 11.8 Å². The third kappa shape index (κ3) is 4.02. The van der Waals surface area contributed by atoms with Crippen LogP contribution in [0.1, 0.15) is 18.5 Å². The van der Waals surface area contributed by atoms with Gasteiger partial charge >= 0.3 is 0 Å². The van der Waals surface area contributed by atoms with Crippen LogP contribution in [0.2, 0.25) is 0 Å². The van der Waals surface area contributed by atoms with E-state index < -0.39 is 6.04 Å². The summed E-state index contributed by atoms with van der Waals surface area (Å²) in [4.78, 5) is 17.9. The first-order valence-corrected chi connectivity index (χ1v) is 10.1. The number of ether oxygens (including phenoxy) is 4. The molecule has 0 radical (unpaired) electrons. The van der Waals surface area contributed by atoms with Crippen molar-refractivity contribution in [2.45, 2.75) is 13.0 Å². The van der Waals surface area contributed by atoms with E-state index in [0.29, 0.717) is 45.9 Å². The van der Waals surface area contributed by atoms with E-state index >= 15 is 0 Å².